The summed E-state index contributed by atoms with van der Waals surface area (Å²) in [4.78, 5) is 39.3. The van der Waals surface area contributed by atoms with Crippen molar-refractivity contribution in [3.63, 3.8) is 0 Å². The Morgan fingerprint density at radius 1 is 1.33 bits per heavy atom. The lowest BCUT2D eigenvalue weighted by atomic mass is 10.1. The summed E-state index contributed by atoms with van der Waals surface area (Å²) in [6, 6.07) is 6.09. The van der Waals surface area contributed by atoms with E-state index in [1.54, 1.807) is 12.1 Å². The number of amides is 1. The number of benzene rings is 1. The number of aromatic amines is 1. The van der Waals surface area contributed by atoms with Gasteiger partial charge in [-0.2, -0.15) is 0 Å². The number of nitrogens with one attached hydrogen (secondary N) is 1. The van der Waals surface area contributed by atoms with Crippen molar-refractivity contribution in [2.45, 2.75) is 12.5 Å². The van der Waals surface area contributed by atoms with Crippen molar-refractivity contribution in [1.82, 2.24) is 14.5 Å². The van der Waals surface area contributed by atoms with Gasteiger partial charge < -0.3 is 14.6 Å². The number of halogens is 1. The fraction of sp³-hybridized carbons (Fsp3) is 0.312. The van der Waals surface area contributed by atoms with Gasteiger partial charge in [0.1, 0.15) is 6.10 Å². The quantitative estimate of drug-likeness (QED) is 0.856. The minimum Gasteiger partial charge on any atom is -0.484 e. The van der Waals surface area contributed by atoms with Gasteiger partial charge in [-0.1, -0.05) is 12.1 Å². The number of carbonyl (C=O) groups excluding carboxylic acids is 1. The number of rotatable bonds is 4. The van der Waals surface area contributed by atoms with Gasteiger partial charge in [-0.15, -0.1) is 0 Å². The molecule has 0 aliphatic carbocycles. The third-order valence-electron chi connectivity index (χ3n) is 3.93. The van der Waals surface area contributed by atoms with Gasteiger partial charge in [0.25, 0.3) is 5.56 Å². The fourth-order valence-electron chi connectivity index (χ4n) is 2.45. The highest BCUT2D eigenvalue weighted by Gasteiger charge is 2.33. The zero-order chi connectivity index (χ0) is 17.3. The monoisotopic (exact) mass is 333 g/mol. The minimum atomic E-state index is -0.529. The molecule has 0 saturated carbocycles. The molecule has 1 aliphatic heterocycles. The fourth-order valence-corrected chi connectivity index (χ4v) is 2.45. The molecule has 1 saturated heterocycles. The molecule has 0 bridgehead atoms. The summed E-state index contributed by atoms with van der Waals surface area (Å²) >= 11 is 0. The standard InChI is InChI=1S/C16H16FN3O4/c1-19-15(22)10(7-18-16(19)23)6-14(21)20-8-11(9-20)24-13-5-3-2-4-12(13)17/h2-5,7,11H,6,8-9H2,1H3,(H,18,23). The molecule has 1 N–H and O–H groups in total. The Kier molecular flexibility index (Phi) is 4.20. The summed E-state index contributed by atoms with van der Waals surface area (Å²) in [5, 5.41) is 0. The third-order valence-corrected chi connectivity index (χ3v) is 3.93. The Bertz CT molecular complexity index is 883. The number of H-pyrrole nitrogens is 1. The first kappa shape index (κ1) is 16.0. The molecule has 126 valence electrons. The maximum Gasteiger partial charge on any atom is 0.328 e. The van der Waals surface area contributed by atoms with Crippen LogP contribution in [0.3, 0.4) is 0 Å². The second-order valence-corrected chi connectivity index (χ2v) is 5.63. The predicted molar refractivity (Wildman–Crippen MR) is 83.4 cm³/mol. The summed E-state index contributed by atoms with van der Waals surface area (Å²) in [6.45, 7) is 0.660. The smallest absolute Gasteiger partial charge is 0.328 e. The van der Waals surface area contributed by atoms with Gasteiger partial charge in [0.05, 0.1) is 19.5 Å². The van der Waals surface area contributed by atoms with Crippen molar-refractivity contribution < 1.29 is 13.9 Å². The van der Waals surface area contributed by atoms with Gasteiger partial charge in [0.2, 0.25) is 5.91 Å². The lowest BCUT2D eigenvalue weighted by molar-refractivity contribution is -0.139. The first-order valence-electron chi connectivity index (χ1n) is 7.42. The SMILES string of the molecule is Cn1c(=O)[nH]cc(CC(=O)N2CC(Oc3ccccc3F)C2)c1=O. The average Bonchev–Trinajstić information content (AvgIpc) is 2.52. The molecule has 0 radical (unpaired) electrons. The van der Waals surface area contributed by atoms with Gasteiger partial charge >= 0.3 is 5.69 Å². The van der Waals surface area contributed by atoms with E-state index in [1.165, 1.54) is 30.3 Å². The van der Waals surface area contributed by atoms with E-state index in [4.69, 9.17) is 4.74 Å². The number of para-hydroxylation sites is 1. The lowest BCUT2D eigenvalue weighted by Crippen LogP contribution is -2.56. The van der Waals surface area contributed by atoms with E-state index in [1.807, 2.05) is 0 Å². The van der Waals surface area contributed by atoms with Crippen molar-refractivity contribution in [1.29, 1.82) is 0 Å². The molecule has 0 atom stereocenters. The van der Waals surface area contributed by atoms with Crippen LogP contribution in [0.5, 0.6) is 5.75 Å². The molecule has 1 aromatic carbocycles. The van der Waals surface area contributed by atoms with Crippen LogP contribution < -0.4 is 16.0 Å². The largest absolute Gasteiger partial charge is 0.484 e. The molecular weight excluding hydrogens is 317 g/mol. The van der Waals surface area contributed by atoms with Crippen LogP contribution in [-0.4, -0.2) is 39.6 Å². The minimum absolute atomic E-state index is 0.101. The Labute approximate surface area is 136 Å². The van der Waals surface area contributed by atoms with E-state index < -0.39 is 17.1 Å². The molecule has 8 heteroatoms. The topological polar surface area (TPSA) is 84.4 Å². The third kappa shape index (κ3) is 3.08. The summed E-state index contributed by atoms with van der Waals surface area (Å²) < 4.78 is 19.9. The highest BCUT2D eigenvalue weighted by Crippen LogP contribution is 2.21. The number of likely N-dealkylation sites (tertiary alicyclic amines) is 1. The summed E-state index contributed by atoms with van der Waals surface area (Å²) in [7, 11) is 1.34. The van der Waals surface area contributed by atoms with Crippen molar-refractivity contribution >= 4 is 5.91 Å². The molecule has 24 heavy (non-hydrogen) atoms. The Hall–Kier alpha value is -2.90. The number of aromatic nitrogens is 2. The van der Waals surface area contributed by atoms with Crippen molar-refractivity contribution in [2.75, 3.05) is 13.1 Å². The van der Waals surface area contributed by atoms with Gasteiger partial charge in [-0.05, 0) is 12.1 Å². The van der Waals surface area contributed by atoms with E-state index in [0.717, 1.165) is 4.57 Å². The lowest BCUT2D eigenvalue weighted by Gasteiger charge is -2.39. The van der Waals surface area contributed by atoms with Gasteiger partial charge in [0, 0.05) is 18.8 Å². The van der Waals surface area contributed by atoms with Crippen LogP contribution in [0.25, 0.3) is 0 Å². The molecule has 3 rings (SSSR count). The molecule has 1 aromatic heterocycles. The van der Waals surface area contributed by atoms with Crippen LogP contribution in [0.1, 0.15) is 5.56 Å². The van der Waals surface area contributed by atoms with Crippen LogP contribution in [0, 0.1) is 5.82 Å². The molecular formula is C16H16FN3O4. The Balaban J connectivity index is 1.58. The number of carbonyl (C=O) groups is 1. The highest BCUT2D eigenvalue weighted by molar-refractivity contribution is 5.79. The summed E-state index contributed by atoms with van der Waals surface area (Å²) in [5.41, 5.74) is -0.800. The van der Waals surface area contributed by atoms with E-state index in [-0.39, 0.29) is 29.7 Å². The summed E-state index contributed by atoms with van der Waals surface area (Å²) in [5.74, 6) is -0.532. The first-order valence-corrected chi connectivity index (χ1v) is 7.42. The van der Waals surface area contributed by atoms with Crippen molar-refractivity contribution in [2.24, 2.45) is 7.05 Å². The van der Waals surface area contributed by atoms with Crippen LogP contribution in [-0.2, 0) is 18.3 Å². The van der Waals surface area contributed by atoms with Gasteiger partial charge in [0.15, 0.2) is 11.6 Å². The molecule has 2 heterocycles. The molecule has 7 nitrogen and oxygen atoms in total. The number of hydrogen-bond acceptors (Lipinski definition) is 4. The zero-order valence-corrected chi connectivity index (χ0v) is 13.0. The number of hydrogen-bond donors (Lipinski definition) is 1. The Morgan fingerprint density at radius 3 is 2.75 bits per heavy atom. The molecule has 1 aliphatic rings. The normalized spacial score (nSPS) is 14.3. The highest BCUT2D eigenvalue weighted by atomic mass is 19.1. The maximum absolute atomic E-state index is 13.5. The zero-order valence-electron chi connectivity index (χ0n) is 13.0. The molecule has 0 unspecified atom stereocenters. The van der Waals surface area contributed by atoms with Crippen molar-refractivity contribution in [3.8, 4) is 5.75 Å². The Morgan fingerprint density at radius 2 is 2.04 bits per heavy atom. The predicted octanol–water partition coefficient (Wildman–Crippen LogP) is 0.0450. The van der Waals surface area contributed by atoms with Gasteiger partial charge in [-0.3, -0.25) is 14.2 Å². The second kappa shape index (κ2) is 6.31. The first-order chi connectivity index (χ1) is 11.5. The van der Waals surface area contributed by atoms with Crippen molar-refractivity contribution in [3.05, 3.63) is 62.7 Å². The van der Waals surface area contributed by atoms with E-state index in [2.05, 4.69) is 4.98 Å². The molecule has 1 amide bonds. The van der Waals surface area contributed by atoms with Crippen LogP contribution >= 0.6 is 0 Å². The van der Waals surface area contributed by atoms with Gasteiger partial charge in [-0.25, -0.2) is 9.18 Å². The average molecular weight is 333 g/mol. The van der Waals surface area contributed by atoms with E-state index in [9.17, 15) is 18.8 Å². The van der Waals surface area contributed by atoms with E-state index >= 15 is 0 Å². The molecule has 0 spiro atoms. The summed E-state index contributed by atoms with van der Waals surface area (Å²) in [6.07, 6.45) is 0.884. The van der Waals surface area contributed by atoms with Crippen LogP contribution in [0.2, 0.25) is 0 Å². The van der Waals surface area contributed by atoms with Crippen LogP contribution in [0.15, 0.2) is 40.1 Å². The molecule has 1 fully saturated rings. The number of ether oxygens (including phenoxy) is 1. The van der Waals surface area contributed by atoms with E-state index in [0.29, 0.717) is 13.1 Å². The van der Waals surface area contributed by atoms with Crippen LogP contribution in [0.4, 0.5) is 4.39 Å². The number of nitrogens with zero attached hydrogens (tertiary/aromatic N) is 2. The molecule has 2 aromatic rings. The maximum atomic E-state index is 13.5. The second-order valence-electron chi connectivity index (χ2n) is 5.63.